The lowest BCUT2D eigenvalue weighted by Gasteiger charge is -2.19. The van der Waals surface area contributed by atoms with E-state index < -0.39 is 0 Å². The summed E-state index contributed by atoms with van der Waals surface area (Å²) in [6, 6.07) is 12.0. The van der Waals surface area contributed by atoms with E-state index in [1.165, 1.54) is 5.56 Å². The van der Waals surface area contributed by atoms with E-state index in [4.69, 9.17) is 11.5 Å². The Morgan fingerprint density at radius 3 is 2.67 bits per heavy atom. The van der Waals surface area contributed by atoms with Gasteiger partial charge in [-0.2, -0.15) is 0 Å². The van der Waals surface area contributed by atoms with Gasteiger partial charge in [-0.3, -0.25) is 0 Å². The number of nitrogens with two attached hydrogens (primary N) is 2. The van der Waals surface area contributed by atoms with Gasteiger partial charge in [0.05, 0.1) is 5.52 Å². The molecule has 124 valence electrons. The lowest BCUT2D eigenvalue weighted by Crippen LogP contribution is -2.34. The summed E-state index contributed by atoms with van der Waals surface area (Å²) in [7, 11) is 0. The summed E-state index contributed by atoms with van der Waals surface area (Å²) in [5, 5.41) is 4.26. The van der Waals surface area contributed by atoms with Crippen molar-refractivity contribution in [1.29, 1.82) is 0 Å². The fraction of sp³-hybridized carbons (Fsp3) is 0.263. The lowest BCUT2D eigenvalue weighted by molar-refractivity contribution is 0.517. The molecule has 3 rings (SSSR count). The van der Waals surface area contributed by atoms with Crippen LogP contribution in [0, 0.1) is 6.92 Å². The standard InChI is InChI=1S/C19H23N5/c1-12-4-5-17-14(6-12)11-22-18(24-17)23-16-8-13(7-15(20)9-16)10-19(2,3)21/h4-9,11H,10,20-21H2,1-3H3,(H,22,23,24). The maximum atomic E-state index is 6.11. The topological polar surface area (TPSA) is 89.8 Å². The molecule has 24 heavy (non-hydrogen) atoms. The predicted octanol–water partition coefficient (Wildman–Crippen LogP) is 3.54. The van der Waals surface area contributed by atoms with Crippen LogP contribution in [0.15, 0.2) is 42.6 Å². The summed E-state index contributed by atoms with van der Waals surface area (Å²) < 4.78 is 0. The van der Waals surface area contributed by atoms with Crippen molar-refractivity contribution in [3.63, 3.8) is 0 Å². The second-order valence-corrected chi connectivity index (χ2v) is 7.01. The number of benzene rings is 2. The second-order valence-electron chi connectivity index (χ2n) is 7.01. The van der Waals surface area contributed by atoms with Crippen LogP contribution < -0.4 is 16.8 Å². The lowest BCUT2D eigenvalue weighted by atomic mass is 9.95. The Hall–Kier alpha value is -2.66. The summed E-state index contributed by atoms with van der Waals surface area (Å²) >= 11 is 0. The third-order valence-corrected chi connectivity index (χ3v) is 3.67. The van der Waals surface area contributed by atoms with Crippen LogP contribution in [-0.2, 0) is 6.42 Å². The molecule has 0 saturated carbocycles. The molecule has 5 N–H and O–H groups in total. The Kier molecular flexibility index (Phi) is 4.11. The molecule has 3 aromatic rings. The average molecular weight is 321 g/mol. The summed E-state index contributed by atoms with van der Waals surface area (Å²) in [6.45, 7) is 6.05. The third kappa shape index (κ3) is 4.00. The molecule has 0 amide bonds. The van der Waals surface area contributed by atoms with Crippen molar-refractivity contribution < 1.29 is 0 Å². The first-order valence-electron chi connectivity index (χ1n) is 7.97. The number of nitrogens with zero attached hydrogens (tertiary/aromatic N) is 2. The van der Waals surface area contributed by atoms with Crippen LogP contribution >= 0.6 is 0 Å². The summed E-state index contributed by atoms with van der Waals surface area (Å²) in [5.41, 5.74) is 16.6. The van der Waals surface area contributed by atoms with E-state index in [9.17, 15) is 0 Å². The first-order chi connectivity index (χ1) is 11.3. The van der Waals surface area contributed by atoms with Crippen molar-refractivity contribution in [2.24, 2.45) is 5.73 Å². The normalized spacial score (nSPS) is 11.7. The molecule has 0 spiro atoms. The Morgan fingerprint density at radius 1 is 1.12 bits per heavy atom. The van der Waals surface area contributed by atoms with E-state index in [0.717, 1.165) is 28.6 Å². The number of aryl methyl sites for hydroxylation is 1. The molecule has 0 aliphatic rings. The number of rotatable bonds is 4. The van der Waals surface area contributed by atoms with Crippen LogP contribution in [0.1, 0.15) is 25.0 Å². The zero-order valence-corrected chi connectivity index (χ0v) is 14.3. The van der Waals surface area contributed by atoms with Gasteiger partial charge >= 0.3 is 0 Å². The molecule has 0 fully saturated rings. The Morgan fingerprint density at radius 2 is 1.92 bits per heavy atom. The number of nitrogen functional groups attached to an aromatic ring is 1. The zero-order chi connectivity index (χ0) is 17.3. The number of anilines is 3. The van der Waals surface area contributed by atoms with E-state index in [0.29, 0.717) is 11.6 Å². The van der Waals surface area contributed by atoms with Gasteiger partial charge in [-0.15, -0.1) is 0 Å². The number of hydrogen-bond donors (Lipinski definition) is 3. The molecule has 0 saturated heterocycles. The minimum Gasteiger partial charge on any atom is -0.399 e. The van der Waals surface area contributed by atoms with Crippen LogP contribution in [0.25, 0.3) is 10.9 Å². The first-order valence-corrected chi connectivity index (χ1v) is 7.97. The van der Waals surface area contributed by atoms with Gasteiger partial charge in [-0.05, 0) is 63.1 Å². The quantitative estimate of drug-likeness (QED) is 0.639. The van der Waals surface area contributed by atoms with Gasteiger partial charge in [0.15, 0.2) is 0 Å². The van der Waals surface area contributed by atoms with Crippen molar-refractivity contribution in [2.45, 2.75) is 32.7 Å². The predicted molar refractivity (Wildman–Crippen MR) is 100 cm³/mol. The molecule has 5 heteroatoms. The highest BCUT2D eigenvalue weighted by Crippen LogP contribution is 2.23. The molecule has 0 radical (unpaired) electrons. The van der Waals surface area contributed by atoms with E-state index in [1.54, 1.807) is 0 Å². The summed E-state index contributed by atoms with van der Waals surface area (Å²) in [5.74, 6) is 0.551. The number of fused-ring (bicyclic) bond motifs is 1. The van der Waals surface area contributed by atoms with E-state index in [-0.39, 0.29) is 5.54 Å². The van der Waals surface area contributed by atoms with Gasteiger partial charge < -0.3 is 16.8 Å². The molecule has 0 bridgehead atoms. The Labute approximate surface area is 142 Å². The fourth-order valence-corrected chi connectivity index (χ4v) is 2.76. The van der Waals surface area contributed by atoms with Crippen molar-refractivity contribution in [3.8, 4) is 0 Å². The fourth-order valence-electron chi connectivity index (χ4n) is 2.76. The molecular weight excluding hydrogens is 298 g/mol. The van der Waals surface area contributed by atoms with Gasteiger partial charge in [0.2, 0.25) is 5.95 Å². The molecule has 5 nitrogen and oxygen atoms in total. The summed E-state index contributed by atoms with van der Waals surface area (Å²) in [4.78, 5) is 8.95. The molecule has 0 unspecified atom stereocenters. The van der Waals surface area contributed by atoms with E-state index in [2.05, 4.69) is 28.3 Å². The third-order valence-electron chi connectivity index (χ3n) is 3.67. The van der Waals surface area contributed by atoms with Crippen molar-refractivity contribution >= 4 is 28.2 Å². The maximum Gasteiger partial charge on any atom is 0.227 e. The van der Waals surface area contributed by atoms with Crippen molar-refractivity contribution in [3.05, 3.63) is 53.7 Å². The minimum absolute atomic E-state index is 0.289. The van der Waals surface area contributed by atoms with Crippen LogP contribution in [0.4, 0.5) is 17.3 Å². The van der Waals surface area contributed by atoms with E-state index >= 15 is 0 Å². The van der Waals surface area contributed by atoms with Gasteiger partial charge in [0, 0.05) is 28.5 Å². The SMILES string of the molecule is Cc1ccc2nc(Nc3cc(N)cc(CC(C)(C)N)c3)ncc2c1. The number of hydrogen-bond acceptors (Lipinski definition) is 5. The Balaban J connectivity index is 1.89. The summed E-state index contributed by atoms with van der Waals surface area (Å²) in [6.07, 6.45) is 2.57. The molecule has 1 heterocycles. The highest BCUT2D eigenvalue weighted by molar-refractivity contribution is 5.79. The van der Waals surface area contributed by atoms with Crippen molar-refractivity contribution in [2.75, 3.05) is 11.1 Å². The second kappa shape index (κ2) is 6.09. The highest BCUT2D eigenvalue weighted by Gasteiger charge is 2.13. The monoisotopic (exact) mass is 321 g/mol. The van der Waals surface area contributed by atoms with Crippen LogP contribution in [0.3, 0.4) is 0 Å². The average Bonchev–Trinajstić information content (AvgIpc) is 2.45. The van der Waals surface area contributed by atoms with Crippen LogP contribution in [0.5, 0.6) is 0 Å². The van der Waals surface area contributed by atoms with Gasteiger partial charge in [0.1, 0.15) is 0 Å². The van der Waals surface area contributed by atoms with Crippen LogP contribution in [-0.4, -0.2) is 15.5 Å². The Bertz CT molecular complexity index is 881. The molecule has 0 aliphatic carbocycles. The number of aromatic nitrogens is 2. The molecule has 2 aromatic carbocycles. The van der Waals surface area contributed by atoms with Crippen molar-refractivity contribution in [1.82, 2.24) is 9.97 Å². The van der Waals surface area contributed by atoms with Crippen LogP contribution in [0.2, 0.25) is 0 Å². The minimum atomic E-state index is -0.289. The largest absolute Gasteiger partial charge is 0.399 e. The molecule has 0 atom stereocenters. The zero-order valence-electron chi connectivity index (χ0n) is 14.3. The first kappa shape index (κ1) is 16.2. The van der Waals surface area contributed by atoms with E-state index in [1.807, 2.05) is 50.4 Å². The molecular formula is C19H23N5. The van der Waals surface area contributed by atoms with Gasteiger partial charge in [-0.25, -0.2) is 9.97 Å². The smallest absolute Gasteiger partial charge is 0.227 e. The molecule has 1 aromatic heterocycles. The maximum absolute atomic E-state index is 6.11. The van der Waals surface area contributed by atoms with Gasteiger partial charge in [0.25, 0.3) is 0 Å². The number of nitrogens with one attached hydrogen (secondary N) is 1. The van der Waals surface area contributed by atoms with Gasteiger partial charge in [-0.1, -0.05) is 11.6 Å². The highest BCUT2D eigenvalue weighted by atomic mass is 15.1. The molecule has 0 aliphatic heterocycles.